The number of furan rings is 1. The third-order valence-electron chi connectivity index (χ3n) is 10.6. The summed E-state index contributed by atoms with van der Waals surface area (Å²) < 4.78 is 24.1. The van der Waals surface area contributed by atoms with Crippen molar-refractivity contribution in [2.75, 3.05) is 6.61 Å². The summed E-state index contributed by atoms with van der Waals surface area (Å²) in [5.74, 6) is -1.74. The van der Waals surface area contributed by atoms with Crippen molar-refractivity contribution in [1.29, 1.82) is 0 Å². The van der Waals surface area contributed by atoms with Gasteiger partial charge in [0.15, 0.2) is 22.9 Å². The fourth-order valence-corrected chi connectivity index (χ4v) is 7.40. The summed E-state index contributed by atoms with van der Waals surface area (Å²) >= 11 is 0. The Balaban J connectivity index is 1.61. The Morgan fingerprint density at radius 2 is 1.42 bits per heavy atom. The molecule has 2 aromatic carbocycles. The lowest BCUT2D eigenvalue weighted by Crippen LogP contribution is -2.60. The number of aliphatic hydroxyl groups is 4. The zero-order valence-corrected chi connectivity index (χ0v) is 33.0. The van der Waals surface area contributed by atoms with E-state index in [1.165, 1.54) is 43.9 Å². The highest BCUT2D eigenvalue weighted by Gasteiger charge is 2.45. The SMILES string of the molecule is CCCCCCCCCC(=O)/C=C/c1c(CCCCCCCCC)oc2c(O)ccc(-c3oc4cc(O)cc(O)c4c(=O)c3O[C@@H]3O[C@H](CO)[C@H](O)[C@H](O)[C@H]3O)c12. The highest BCUT2D eigenvalue weighted by molar-refractivity contribution is 6.05. The number of ketones is 1. The third-order valence-corrected chi connectivity index (χ3v) is 10.6. The summed E-state index contributed by atoms with van der Waals surface area (Å²) in [5.41, 5.74) is -0.516. The van der Waals surface area contributed by atoms with Gasteiger partial charge in [0.25, 0.3) is 0 Å². The molecule has 1 fully saturated rings. The minimum atomic E-state index is -1.90. The van der Waals surface area contributed by atoms with Crippen molar-refractivity contribution >= 4 is 33.8 Å². The van der Waals surface area contributed by atoms with Crippen molar-refractivity contribution in [3.05, 3.63) is 51.9 Å². The van der Waals surface area contributed by atoms with Crippen LogP contribution in [-0.2, 0) is 16.0 Å². The van der Waals surface area contributed by atoms with E-state index in [0.29, 0.717) is 24.2 Å². The Kier molecular flexibility index (Phi) is 16.0. The number of aliphatic hydroxyl groups excluding tert-OH is 4. The number of benzene rings is 2. The molecule has 0 aliphatic carbocycles. The van der Waals surface area contributed by atoms with Crippen LogP contribution in [0.2, 0.25) is 0 Å². The number of aryl methyl sites for hydroxylation is 1. The van der Waals surface area contributed by atoms with Gasteiger partial charge in [-0.25, -0.2) is 0 Å². The van der Waals surface area contributed by atoms with E-state index >= 15 is 0 Å². The minimum absolute atomic E-state index is 0.0462. The van der Waals surface area contributed by atoms with E-state index in [0.717, 1.165) is 76.3 Å². The molecule has 4 aromatic rings. The van der Waals surface area contributed by atoms with Gasteiger partial charge in [-0.3, -0.25) is 9.59 Å². The van der Waals surface area contributed by atoms with Gasteiger partial charge in [0.05, 0.1) is 6.61 Å². The smallest absolute Gasteiger partial charge is 0.239 e. The van der Waals surface area contributed by atoms with E-state index in [9.17, 15) is 45.3 Å². The first kappa shape index (κ1) is 43.7. The van der Waals surface area contributed by atoms with Crippen LogP contribution in [-0.4, -0.2) is 78.8 Å². The van der Waals surface area contributed by atoms with Crippen LogP contribution in [0, 0.1) is 0 Å². The summed E-state index contributed by atoms with van der Waals surface area (Å²) in [5, 5.41) is 73.7. The van der Waals surface area contributed by atoms with Crippen LogP contribution in [0.1, 0.15) is 121 Å². The molecule has 0 unspecified atom stereocenters. The molecule has 1 saturated heterocycles. The molecule has 13 heteroatoms. The van der Waals surface area contributed by atoms with Crippen molar-refractivity contribution in [3.8, 4) is 34.3 Å². The van der Waals surface area contributed by atoms with Crippen LogP contribution in [0.3, 0.4) is 0 Å². The fourth-order valence-electron chi connectivity index (χ4n) is 7.40. The van der Waals surface area contributed by atoms with Gasteiger partial charge in [-0.2, -0.15) is 0 Å². The molecule has 1 aliphatic heterocycles. The van der Waals surface area contributed by atoms with E-state index in [4.69, 9.17) is 18.3 Å². The molecule has 5 rings (SSSR count). The zero-order chi connectivity index (χ0) is 41.1. The molecular weight excluding hydrogens is 736 g/mol. The second-order valence-corrected chi connectivity index (χ2v) is 15.1. The molecule has 0 bridgehead atoms. The molecule has 0 spiro atoms. The number of phenols is 3. The largest absolute Gasteiger partial charge is 0.508 e. The quantitative estimate of drug-likeness (QED) is 0.0303. The van der Waals surface area contributed by atoms with Crippen molar-refractivity contribution in [2.45, 2.75) is 147 Å². The molecule has 5 atom stereocenters. The van der Waals surface area contributed by atoms with Crippen LogP contribution in [0.15, 0.2) is 44.0 Å². The number of ether oxygens (including phenoxy) is 2. The standard InChI is InChI=1S/C44H58O13/c1-3-5-7-9-11-13-15-17-26(46)19-20-28-32(18-16-14-12-10-8-6-4-2)54-42-30(48)22-21-29(35(28)42)41-43(38(51)36-31(49)23-27(47)24-33(36)55-41)57-44-40(53)39(52)37(50)34(25-45)56-44/h19-24,34,37,39-40,44-45,47-50,52-53H,3-18,25H2,1-2H3/b20-19+/t34-,37+,39+,40-,44+/m1/s1. The molecule has 7 N–H and O–H groups in total. The van der Waals surface area contributed by atoms with E-state index in [-0.39, 0.29) is 44.8 Å². The summed E-state index contributed by atoms with van der Waals surface area (Å²) in [7, 11) is 0. The third kappa shape index (κ3) is 10.6. The molecule has 0 radical (unpaired) electrons. The zero-order valence-electron chi connectivity index (χ0n) is 33.0. The van der Waals surface area contributed by atoms with Crippen LogP contribution in [0.5, 0.6) is 23.0 Å². The number of unbranched alkanes of at least 4 members (excludes halogenated alkanes) is 12. The first-order chi connectivity index (χ1) is 27.5. The highest BCUT2D eigenvalue weighted by Crippen LogP contribution is 2.45. The second kappa shape index (κ2) is 20.9. The maximum absolute atomic E-state index is 14.3. The van der Waals surface area contributed by atoms with Crippen LogP contribution < -0.4 is 10.2 Å². The molecular formula is C44H58O13. The lowest BCUT2D eigenvalue weighted by molar-refractivity contribution is -0.277. The van der Waals surface area contributed by atoms with Crippen LogP contribution >= 0.6 is 0 Å². The van der Waals surface area contributed by atoms with E-state index in [2.05, 4.69) is 13.8 Å². The average Bonchev–Trinajstić information content (AvgIpc) is 3.56. The van der Waals surface area contributed by atoms with Gasteiger partial charge < -0.3 is 54.1 Å². The van der Waals surface area contributed by atoms with Crippen LogP contribution in [0.4, 0.5) is 0 Å². The molecule has 0 amide bonds. The van der Waals surface area contributed by atoms with Crippen molar-refractivity contribution in [2.24, 2.45) is 0 Å². The normalized spacial score (nSPS) is 19.9. The van der Waals surface area contributed by atoms with Crippen molar-refractivity contribution in [1.82, 2.24) is 0 Å². The van der Waals surface area contributed by atoms with Gasteiger partial charge >= 0.3 is 0 Å². The van der Waals surface area contributed by atoms with Gasteiger partial charge in [-0.15, -0.1) is 0 Å². The van der Waals surface area contributed by atoms with Gasteiger partial charge in [-0.05, 0) is 37.1 Å². The first-order valence-corrected chi connectivity index (χ1v) is 20.5. The predicted molar refractivity (Wildman–Crippen MR) is 215 cm³/mol. The molecule has 57 heavy (non-hydrogen) atoms. The van der Waals surface area contributed by atoms with E-state index < -0.39 is 60.0 Å². The Morgan fingerprint density at radius 1 is 0.772 bits per heavy atom. The number of hydrogen-bond acceptors (Lipinski definition) is 13. The van der Waals surface area contributed by atoms with Crippen LogP contribution in [0.25, 0.3) is 39.3 Å². The molecule has 312 valence electrons. The van der Waals surface area contributed by atoms with Crippen molar-refractivity contribution < 1.29 is 58.8 Å². The molecule has 0 saturated carbocycles. The summed E-state index contributed by atoms with van der Waals surface area (Å²) in [6.45, 7) is 3.58. The lowest BCUT2D eigenvalue weighted by atomic mass is 9.98. The second-order valence-electron chi connectivity index (χ2n) is 15.1. The van der Waals surface area contributed by atoms with Gasteiger partial charge in [0.2, 0.25) is 17.5 Å². The number of fused-ring (bicyclic) bond motifs is 2. The fraction of sp³-hybridized carbons (Fsp3) is 0.545. The summed E-state index contributed by atoms with van der Waals surface area (Å²) in [6, 6.07) is 4.85. The molecule has 13 nitrogen and oxygen atoms in total. The average molecular weight is 795 g/mol. The van der Waals surface area contributed by atoms with E-state index in [1.807, 2.05) is 0 Å². The number of phenolic OH excluding ortho intramolecular Hbond substituents is 3. The number of carbonyl (C=O) groups is 1. The lowest BCUT2D eigenvalue weighted by Gasteiger charge is -2.39. The Bertz CT molecular complexity index is 2030. The number of hydrogen-bond donors (Lipinski definition) is 7. The first-order valence-electron chi connectivity index (χ1n) is 20.5. The summed E-state index contributed by atoms with van der Waals surface area (Å²) in [6.07, 6.45) is 10.1. The maximum Gasteiger partial charge on any atom is 0.239 e. The molecule has 2 aromatic heterocycles. The molecule has 1 aliphatic rings. The summed E-state index contributed by atoms with van der Waals surface area (Å²) in [4.78, 5) is 27.5. The number of allylic oxidation sites excluding steroid dienone is 1. The minimum Gasteiger partial charge on any atom is -0.508 e. The Labute approximate surface area is 332 Å². The van der Waals surface area contributed by atoms with Gasteiger partial charge in [-0.1, -0.05) is 90.9 Å². The Hall–Kier alpha value is -4.40. The highest BCUT2D eigenvalue weighted by atomic mass is 16.7. The topological polar surface area (TPSA) is 220 Å². The predicted octanol–water partition coefficient (Wildman–Crippen LogP) is 7.52. The monoisotopic (exact) mass is 794 g/mol. The van der Waals surface area contributed by atoms with E-state index in [1.54, 1.807) is 6.08 Å². The van der Waals surface area contributed by atoms with Crippen molar-refractivity contribution in [3.63, 3.8) is 0 Å². The number of rotatable bonds is 22. The Morgan fingerprint density at radius 3 is 2.09 bits per heavy atom. The van der Waals surface area contributed by atoms with Gasteiger partial charge in [0, 0.05) is 41.5 Å². The number of aromatic hydroxyl groups is 3. The maximum atomic E-state index is 14.3. The number of carbonyl (C=O) groups excluding carboxylic acids is 1. The molecule has 3 heterocycles. The van der Waals surface area contributed by atoms with Gasteiger partial charge in [0.1, 0.15) is 52.6 Å².